The fraction of sp³-hybridized carbons (Fsp3) is 0.389. The van der Waals surface area contributed by atoms with E-state index in [-0.39, 0.29) is 5.91 Å². The summed E-state index contributed by atoms with van der Waals surface area (Å²) < 4.78 is 0.914. The molecule has 0 atom stereocenters. The zero-order valence-electron chi connectivity index (χ0n) is 14.9. The number of benzene rings is 1. The van der Waals surface area contributed by atoms with Gasteiger partial charge in [-0.1, -0.05) is 46.9 Å². The van der Waals surface area contributed by atoms with Crippen LogP contribution in [0.5, 0.6) is 0 Å². The molecule has 0 radical (unpaired) electrons. The number of carbonyl (C=O) groups excluding carboxylic acids is 1. The molecule has 0 aliphatic rings. The summed E-state index contributed by atoms with van der Waals surface area (Å²) >= 11 is 3.15. The Morgan fingerprint density at radius 1 is 1.28 bits per heavy atom. The van der Waals surface area contributed by atoms with Crippen LogP contribution in [0, 0.1) is 20.8 Å². The molecule has 0 aliphatic carbocycles. The molecule has 1 aromatic carbocycles. The van der Waals surface area contributed by atoms with Crippen LogP contribution in [-0.4, -0.2) is 28.4 Å². The van der Waals surface area contributed by atoms with Crippen LogP contribution >= 0.6 is 23.1 Å². The van der Waals surface area contributed by atoms with E-state index in [2.05, 4.69) is 46.5 Å². The van der Waals surface area contributed by atoms with Gasteiger partial charge in [0.2, 0.25) is 11.0 Å². The normalized spacial score (nSPS) is 10.5. The molecule has 1 heterocycles. The largest absolute Gasteiger partial charge is 0.357 e. The Balaban J connectivity index is 1.74. The van der Waals surface area contributed by atoms with Gasteiger partial charge in [0.1, 0.15) is 0 Å². The van der Waals surface area contributed by atoms with Crippen LogP contribution in [0.25, 0.3) is 0 Å². The molecule has 2 rings (SSSR count). The molecule has 25 heavy (non-hydrogen) atoms. The molecule has 0 fully saturated rings. The van der Waals surface area contributed by atoms with Crippen molar-refractivity contribution in [2.45, 2.75) is 38.0 Å². The van der Waals surface area contributed by atoms with Gasteiger partial charge in [-0.25, -0.2) is 0 Å². The lowest BCUT2D eigenvalue weighted by Gasteiger charge is -2.12. The van der Waals surface area contributed by atoms with E-state index < -0.39 is 0 Å². The highest BCUT2D eigenvalue weighted by atomic mass is 32.2. The molecule has 134 valence electrons. The third kappa shape index (κ3) is 6.17. The number of carbonyl (C=O) groups is 1. The van der Waals surface area contributed by atoms with Crippen LogP contribution in [0.1, 0.15) is 29.5 Å². The molecule has 0 spiro atoms. The fourth-order valence-electron chi connectivity index (χ4n) is 2.47. The van der Waals surface area contributed by atoms with Crippen LogP contribution in [-0.2, 0) is 4.79 Å². The lowest BCUT2D eigenvalue weighted by molar-refractivity contribution is -0.116. The maximum atomic E-state index is 12.2. The maximum absolute atomic E-state index is 12.2. The second-order valence-corrected chi connectivity index (χ2v) is 8.14. The minimum Gasteiger partial charge on any atom is -0.357 e. The molecular formula is C18H24N4OS2. The molecule has 0 aliphatic heterocycles. The quantitative estimate of drug-likeness (QED) is 0.381. The summed E-state index contributed by atoms with van der Waals surface area (Å²) in [5, 5.41) is 15.1. The third-order valence-corrected chi connectivity index (χ3v) is 5.62. The number of rotatable bonds is 9. The lowest BCUT2D eigenvalue weighted by Crippen LogP contribution is -2.13. The van der Waals surface area contributed by atoms with Crippen LogP contribution in [0.3, 0.4) is 0 Å². The third-order valence-electron chi connectivity index (χ3n) is 3.52. The van der Waals surface area contributed by atoms with Gasteiger partial charge >= 0.3 is 0 Å². The summed E-state index contributed by atoms with van der Waals surface area (Å²) in [6.45, 7) is 10.5. The number of nitrogens with one attached hydrogen (secondary N) is 2. The topological polar surface area (TPSA) is 66.9 Å². The first kappa shape index (κ1) is 19.5. The van der Waals surface area contributed by atoms with Gasteiger partial charge in [-0.05, 0) is 38.3 Å². The number of hydrogen-bond acceptors (Lipinski definition) is 6. The van der Waals surface area contributed by atoms with Gasteiger partial charge in [0, 0.05) is 24.4 Å². The fourth-order valence-corrected chi connectivity index (χ4v) is 4.24. The number of aromatic nitrogens is 2. The van der Waals surface area contributed by atoms with Gasteiger partial charge in [-0.3, -0.25) is 4.79 Å². The van der Waals surface area contributed by atoms with Gasteiger partial charge in [0.25, 0.3) is 0 Å². The lowest BCUT2D eigenvalue weighted by atomic mass is 10.0. The second-order valence-electron chi connectivity index (χ2n) is 5.82. The number of nitrogens with zero attached hydrogens (tertiary/aromatic N) is 2. The van der Waals surface area contributed by atoms with Crippen molar-refractivity contribution in [2.75, 3.05) is 22.9 Å². The molecule has 1 aromatic heterocycles. The van der Waals surface area contributed by atoms with Crippen molar-refractivity contribution in [3.8, 4) is 0 Å². The highest BCUT2D eigenvalue weighted by Crippen LogP contribution is 2.26. The van der Waals surface area contributed by atoms with Crippen molar-refractivity contribution in [1.82, 2.24) is 10.2 Å². The number of amides is 1. The SMILES string of the molecule is C=CCNc1nnc(SCCCC(=O)Nc2c(C)cc(C)cc2C)s1. The van der Waals surface area contributed by atoms with Gasteiger partial charge < -0.3 is 10.6 Å². The predicted octanol–water partition coefficient (Wildman–Crippen LogP) is 4.57. The first-order valence-corrected chi connectivity index (χ1v) is 9.98. The van der Waals surface area contributed by atoms with Crippen molar-refractivity contribution in [3.05, 3.63) is 41.5 Å². The number of hydrogen-bond donors (Lipinski definition) is 2. The van der Waals surface area contributed by atoms with E-state index >= 15 is 0 Å². The standard InChI is InChI=1S/C18H24N4OS2/c1-5-8-19-17-21-22-18(25-17)24-9-6-7-15(23)20-16-13(3)10-12(2)11-14(16)4/h5,10-11H,1,6-9H2,2-4H3,(H,19,21)(H,20,23). The molecule has 0 saturated carbocycles. The van der Waals surface area contributed by atoms with E-state index in [4.69, 9.17) is 0 Å². The van der Waals surface area contributed by atoms with Crippen molar-refractivity contribution >= 4 is 39.8 Å². The minimum absolute atomic E-state index is 0.0567. The molecule has 0 saturated heterocycles. The Kier molecular flexibility index (Phi) is 7.46. The molecule has 0 bridgehead atoms. The summed E-state index contributed by atoms with van der Waals surface area (Å²) in [5.41, 5.74) is 4.36. The summed E-state index contributed by atoms with van der Waals surface area (Å²) in [5.74, 6) is 0.899. The summed E-state index contributed by atoms with van der Waals surface area (Å²) in [6.07, 6.45) is 3.08. The van der Waals surface area contributed by atoms with Crippen molar-refractivity contribution in [2.24, 2.45) is 0 Å². The molecule has 5 nitrogen and oxygen atoms in total. The summed E-state index contributed by atoms with van der Waals surface area (Å²) in [7, 11) is 0. The van der Waals surface area contributed by atoms with Crippen molar-refractivity contribution in [3.63, 3.8) is 0 Å². The van der Waals surface area contributed by atoms with Crippen LogP contribution in [0.2, 0.25) is 0 Å². The first-order valence-electron chi connectivity index (χ1n) is 8.18. The Labute approximate surface area is 157 Å². The van der Waals surface area contributed by atoms with E-state index in [0.717, 1.165) is 38.5 Å². The van der Waals surface area contributed by atoms with Gasteiger partial charge in [0.05, 0.1) is 0 Å². The maximum Gasteiger partial charge on any atom is 0.224 e. The van der Waals surface area contributed by atoms with E-state index in [1.807, 2.05) is 13.8 Å². The molecule has 2 aromatic rings. The molecular weight excluding hydrogens is 352 g/mol. The number of anilines is 2. The smallest absolute Gasteiger partial charge is 0.224 e. The highest BCUT2D eigenvalue weighted by Gasteiger charge is 2.09. The van der Waals surface area contributed by atoms with E-state index in [9.17, 15) is 4.79 Å². The molecule has 2 N–H and O–H groups in total. The summed E-state index contributed by atoms with van der Waals surface area (Å²) in [6, 6.07) is 4.18. The molecule has 7 heteroatoms. The van der Waals surface area contributed by atoms with Crippen LogP contribution < -0.4 is 10.6 Å². The van der Waals surface area contributed by atoms with Gasteiger partial charge in [-0.2, -0.15) is 0 Å². The zero-order chi connectivity index (χ0) is 18.2. The average molecular weight is 377 g/mol. The van der Waals surface area contributed by atoms with Crippen LogP contribution in [0.4, 0.5) is 10.8 Å². The van der Waals surface area contributed by atoms with Crippen molar-refractivity contribution < 1.29 is 4.79 Å². The molecule has 1 amide bonds. The average Bonchev–Trinajstić information content (AvgIpc) is 3.01. The highest BCUT2D eigenvalue weighted by molar-refractivity contribution is 8.01. The second kappa shape index (κ2) is 9.58. The predicted molar refractivity (Wildman–Crippen MR) is 108 cm³/mol. The van der Waals surface area contributed by atoms with Gasteiger partial charge in [0.15, 0.2) is 4.34 Å². The Hall–Kier alpha value is -1.86. The monoisotopic (exact) mass is 376 g/mol. The minimum atomic E-state index is 0.0567. The number of aryl methyl sites for hydroxylation is 3. The Morgan fingerprint density at radius 3 is 2.68 bits per heavy atom. The van der Waals surface area contributed by atoms with E-state index in [0.29, 0.717) is 13.0 Å². The van der Waals surface area contributed by atoms with E-state index in [1.54, 1.807) is 17.8 Å². The number of thioether (sulfide) groups is 1. The van der Waals surface area contributed by atoms with Gasteiger partial charge in [-0.15, -0.1) is 16.8 Å². The van der Waals surface area contributed by atoms with Crippen molar-refractivity contribution in [1.29, 1.82) is 0 Å². The first-order chi connectivity index (χ1) is 12.0. The Bertz CT molecular complexity index is 719. The van der Waals surface area contributed by atoms with Crippen LogP contribution in [0.15, 0.2) is 29.1 Å². The summed E-state index contributed by atoms with van der Waals surface area (Å²) in [4.78, 5) is 12.2. The molecule has 0 unspecified atom stereocenters. The Morgan fingerprint density at radius 2 is 2.00 bits per heavy atom. The zero-order valence-corrected chi connectivity index (χ0v) is 16.5. The van der Waals surface area contributed by atoms with E-state index in [1.165, 1.54) is 16.9 Å².